The van der Waals surface area contributed by atoms with Crippen molar-refractivity contribution in [2.24, 2.45) is 0 Å². The summed E-state index contributed by atoms with van der Waals surface area (Å²) < 4.78 is 12.3. The van der Waals surface area contributed by atoms with Gasteiger partial charge in [0.15, 0.2) is 0 Å². The van der Waals surface area contributed by atoms with Crippen molar-refractivity contribution in [2.45, 2.75) is 52.0 Å². The molecule has 174 valence electrons. The molecule has 0 saturated heterocycles. The maximum atomic E-state index is 12.3. The molecule has 2 aromatic carbocycles. The van der Waals surface area contributed by atoms with Gasteiger partial charge in [0, 0.05) is 23.5 Å². The van der Waals surface area contributed by atoms with Crippen LogP contribution in [0.4, 0.5) is 4.79 Å². The topological polar surface area (TPSA) is 107 Å². The van der Waals surface area contributed by atoms with Gasteiger partial charge in [0.2, 0.25) is 0 Å². The van der Waals surface area contributed by atoms with E-state index in [1.54, 1.807) is 31.5 Å². The third-order valence-electron chi connectivity index (χ3n) is 4.82. The monoisotopic (exact) mass is 452 g/mol. The number of nitrogens with one attached hydrogen (secondary N) is 1. The van der Waals surface area contributed by atoms with Crippen molar-refractivity contribution >= 4 is 28.9 Å². The van der Waals surface area contributed by atoms with Crippen molar-refractivity contribution in [3.63, 3.8) is 0 Å². The third kappa shape index (κ3) is 6.83. The van der Waals surface area contributed by atoms with Crippen LogP contribution in [-0.4, -0.2) is 39.3 Å². The van der Waals surface area contributed by atoms with Crippen molar-refractivity contribution in [1.82, 2.24) is 9.88 Å². The first kappa shape index (κ1) is 23.8. The maximum absolute atomic E-state index is 12.3. The number of carbonyl (C=O) groups excluding carboxylic acids is 2. The van der Waals surface area contributed by atoms with Crippen LogP contribution >= 0.6 is 0 Å². The number of aromatic nitrogens is 1. The van der Waals surface area contributed by atoms with E-state index in [-0.39, 0.29) is 19.6 Å². The van der Waals surface area contributed by atoms with Gasteiger partial charge < -0.3 is 24.5 Å². The predicted octanol–water partition coefficient (Wildman–Crippen LogP) is 3.91. The summed E-state index contributed by atoms with van der Waals surface area (Å²) in [5.74, 6) is -1.58. The van der Waals surface area contributed by atoms with E-state index in [0.29, 0.717) is 5.56 Å². The highest BCUT2D eigenvalue weighted by atomic mass is 16.6. The van der Waals surface area contributed by atoms with Crippen LogP contribution in [0.5, 0.6) is 0 Å². The Morgan fingerprint density at radius 3 is 2.36 bits per heavy atom. The quantitative estimate of drug-likeness (QED) is 0.502. The van der Waals surface area contributed by atoms with Gasteiger partial charge in [-0.2, -0.15) is 0 Å². The van der Waals surface area contributed by atoms with Crippen molar-refractivity contribution in [3.05, 3.63) is 71.9 Å². The maximum Gasteiger partial charge on any atom is 0.408 e. The smallest absolute Gasteiger partial charge is 0.408 e. The second-order valence-electron chi connectivity index (χ2n) is 8.69. The largest absolute Gasteiger partial charge is 0.480 e. The molecule has 2 N–H and O–H groups in total. The number of carbonyl (C=O) groups is 3. The van der Waals surface area contributed by atoms with E-state index in [1.165, 1.54) is 0 Å². The number of hydrogen-bond acceptors (Lipinski definition) is 5. The van der Waals surface area contributed by atoms with E-state index >= 15 is 0 Å². The number of carboxylic acids is 1. The first-order valence-corrected chi connectivity index (χ1v) is 10.6. The van der Waals surface area contributed by atoms with Gasteiger partial charge in [-0.25, -0.2) is 9.59 Å². The molecule has 8 heteroatoms. The van der Waals surface area contributed by atoms with Crippen LogP contribution in [0.3, 0.4) is 0 Å². The molecular formula is C25H28N2O6. The minimum Gasteiger partial charge on any atom is -0.480 e. The molecule has 0 aliphatic heterocycles. The van der Waals surface area contributed by atoms with Crippen molar-refractivity contribution in [2.75, 3.05) is 0 Å². The van der Waals surface area contributed by atoms with Crippen LogP contribution in [0, 0.1) is 0 Å². The van der Waals surface area contributed by atoms with E-state index in [4.69, 9.17) is 9.47 Å². The van der Waals surface area contributed by atoms with Gasteiger partial charge in [0.05, 0.1) is 0 Å². The fourth-order valence-electron chi connectivity index (χ4n) is 3.46. The summed E-state index contributed by atoms with van der Waals surface area (Å²) in [6.45, 7) is 5.41. The van der Waals surface area contributed by atoms with Crippen LogP contribution < -0.4 is 5.32 Å². The van der Waals surface area contributed by atoms with Crippen LogP contribution in [-0.2, 0) is 38.6 Å². The molecule has 0 saturated carbocycles. The van der Waals surface area contributed by atoms with E-state index < -0.39 is 29.7 Å². The van der Waals surface area contributed by atoms with Crippen molar-refractivity contribution < 1.29 is 29.0 Å². The second kappa shape index (κ2) is 10.2. The fourth-order valence-corrected chi connectivity index (χ4v) is 3.46. The Labute approximate surface area is 192 Å². The Balaban J connectivity index is 1.73. The lowest BCUT2D eigenvalue weighted by molar-refractivity contribution is -0.155. The summed E-state index contributed by atoms with van der Waals surface area (Å²) in [5, 5.41) is 12.9. The average molecular weight is 453 g/mol. The number of esters is 1. The molecule has 3 rings (SSSR count). The van der Waals surface area contributed by atoms with E-state index in [0.717, 1.165) is 16.5 Å². The molecule has 0 fully saturated rings. The number of nitrogens with zero attached hydrogens (tertiary/aromatic N) is 1. The normalized spacial score (nSPS) is 12.2. The predicted molar refractivity (Wildman–Crippen MR) is 123 cm³/mol. The zero-order chi connectivity index (χ0) is 24.0. The van der Waals surface area contributed by atoms with Crippen LogP contribution in [0.1, 0.15) is 31.9 Å². The number of fused-ring (bicyclic) bond motifs is 1. The van der Waals surface area contributed by atoms with Gasteiger partial charge in [-0.05, 0) is 38.0 Å². The SMILES string of the molecule is CC(C)(C)OC(=O)Cn1cc(C[C@@H](NC(=O)OCc2ccccc2)C(=O)O)c2ccccc21. The number of amides is 1. The summed E-state index contributed by atoms with van der Waals surface area (Å²) in [6, 6.07) is 15.3. The fraction of sp³-hybridized carbons (Fsp3) is 0.320. The zero-order valence-corrected chi connectivity index (χ0v) is 18.9. The standard InChI is InChI=1S/C25H28N2O6/c1-25(2,3)33-22(28)15-27-14-18(19-11-7-8-12-21(19)27)13-20(23(29)30)26-24(31)32-16-17-9-5-4-6-10-17/h4-12,14,20H,13,15-16H2,1-3H3,(H,26,31)(H,29,30)/t20-/m1/s1. The highest BCUT2D eigenvalue weighted by molar-refractivity contribution is 5.87. The first-order chi connectivity index (χ1) is 15.6. The average Bonchev–Trinajstić information content (AvgIpc) is 3.08. The molecule has 33 heavy (non-hydrogen) atoms. The summed E-state index contributed by atoms with van der Waals surface area (Å²) in [5.41, 5.74) is 1.64. The van der Waals surface area contributed by atoms with Crippen LogP contribution in [0.15, 0.2) is 60.8 Å². The molecular weight excluding hydrogens is 424 g/mol. The molecule has 1 atom stereocenters. The van der Waals surface area contributed by atoms with Gasteiger partial charge in [-0.1, -0.05) is 48.5 Å². The van der Waals surface area contributed by atoms with Gasteiger partial charge >= 0.3 is 18.0 Å². The molecule has 0 aliphatic carbocycles. The van der Waals surface area contributed by atoms with E-state index in [1.807, 2.05) is 54.6 Å². The first-order valence-electron chi connectivity index (χ1n) is 10.6. The Hall–Kier alpha value is -3.81. The number of alkyl carbamates (subject to hydrolysis) is 1. The lowest BCUT2D eigenvalue weighted by atomic mass is 10.1. The van der Waals surface area contributed by atoms with Gasteiger partial charge in [-0.3, -0.25) is 4.79 Å². The van der Waals surface area contributed by atoms with Crippen molar-refractivity contribution in [1.29, 1.82) is 0 Å². The molecule has 0 unspecified atom stereocenters. The third-order valence-corrected chi connectivity index (χ3v) is 4.82. The molecule has 3 aromatic rings. The van der Waals surface area contributed by atoms with E-state index in [2.05, 4.69) is 5.32 Å². The number of rotatable bonds is 8. The number of para-hydroxylation sites is 1. The molecule has 1 amide bonds. The summed E-state index contributed by atoms with van der Waals surface area (Å²) in [4.78, 5) is 36.4. The molecule has 0 spiro atoms. The Bertz CT molecular complexity index is 1130. The van der Waals surface area contributed by atoms with E-state index in [9.17, 15) is 19.5 Å². The summed E-state index contributed by atoms with van der Waals surface area (Å²) in [6.07, 6.45) is 0.933. The van der Waals surface area contributed by atoms with Gasteiger partial charge in [0.25, 0.3) is 0 Å². The number of ether oxygens (including phenoxy) is 2. The number of aliphatic carboxylic acids is 1. The molecule has 8 nitrogen and oxygen atoms in total. The minimum atomic E-state index is -1.20. The van der Waals surface area contributed by atoms with Gasteiger partial charge in [-0.15, -0.1) is 0 Å². The highest BCUT2D eigenvalue weighted by Crippen LogP contribution is 2.23. The molecule has 0 bridgehead atoms. The Morgan fingerprint density at radius 2 is 1.70 bits per heavy atom. The number of carboxylic acid groups (broad SMARTS) is 1. The zero-order valence-electron chi connectivity index (χ0n) is 18.9. The van der Waals surface area contributed by atoms with Crippen LogP contribution in [0.2, 0.25) is 0 Å². The highest BCUT2D eigenvalue weighted by Gasteiger charge is 2.24. The lowest BCUT2D eigenvalue weighted by Crippen LogP contribution is -2.42. The van der Waals surface area contributed by atoms with Crippen molar-refractivity contribution in [3.8, 4) is 0 Å². The molecule has 1 aromatic heterocycles. The number of hydrogen-bond donors (Lipinski definition) is 2. The molecule has 0 radical (unpaired) electrons. The molecule has 0 aliphatic rings. The van der Waals surface area contributed by atoms with Crippen LogP contribution in [0.25, 0.3) is 10.9 Å². The Morgan fingerprint density at radius 1 is 1.03 bits per heavy atom. The summed E-state index contributed by atoms with van der Waals surface area (Å²) >= 11 is 0. The number of benzene rings is 2. The second-order valence-corrected chi connectivity index (χ2v) is 8.69. The lowest BCUT2D eigenvalue weighted by Gasteiger charge is -2.19. The van der Waals surface area contributed by atoms with Gasteiger partial charge in [0.1, 0.15) is 24.8 Å². The summed E-state index contributed by atoms with van der Waals surface area (Å²) in [7, 11) is 0. The Kier molecular flexibility index (Phi) is 7.37. The minimum absolute atomic E-state index is 0.0118. The molecule has 1 heterocycles.